The third-order valence-electron chi connectivity index (χ3n) is 7.95. The Morgan fingerprint density at radius 2 is 1.13 bits per heavy atom. The Morgan fingerprint density at radius 3 is 1.56 bits per heavy atom. The number of pyridine rings is 2. The Morgan fingerprint density at radius 1 is 0.673 bits per heavy atom. The molecule has 0 aliphatic rings. The summed E-state index contributed by atoms with van der Waals surface area (Å²) in [6.07, 6.45) is 7.40. The molecule has 0 saturated heterocycles. The molecule has 0 fully saturated rings. The van der Waals surface area contributed by atoms with Gasteiger partial charge >= 0.3 is 0 Å². The van der Waals surface area contributed by atoms with Gasteiger partial charge < -0.3 is 10.4 Å². The van der Waals surface area contributed by atoms with Crippen molar-refractivity contribution in [2.24, 2.45) is 25.1 Å². The van der Waals surface area contributed by atoms with Crippen LogP contribution in [0.1, 0.15) is 30.0 Å². The van der Waals surface area contributed by atoms with E-state index in [0.717, 1.165) is 56.0 Å². The number of ketones is 1. The minimum atomic E-state index is -0.0449. The molecule has 8 aromatic rings. The molecule has 0 spiro atoms. The number of rotatable bonds is 6. The number of oxime groups is 1. The number of fused-ring (bicyclic) bond motifs is 2. The van der Waals surface area contributed by atoms with E-state index in [9.17, 15) is 4.79 Å². The summed E-state index contributed by atoms with van der Waals surface area (Å²) >= 11 is 0. The first-order chi connectivity index (χ1) is 24.8. The van der Waals surface area contributed by atoms with Crippen molar-refractivity contribution >= 4 is 45.7 Å². The van der Waals surface area contributed by atoms with E-state index in [-0.39, 0.29) is 18.2 Å². The molecule has 0 unspecified atom stereocenters. The van der Waals surface area contributed by atoms with Crippen molar-refractivity contribution in [3.63, 3.8) is 0 Å². The Kier molecular flexibility index (Phi) is 11.3. The number of aromatic nitrogens is 10. The molecular formula is C36H35ClN12O3. The van der Waals surface area contributed by atoms with Gasteiger partial charge in [0.2, 0.25) is 0 Å². The van der Waals surface area contributed by atoms with E-state index in [1.807, 2.05) is 122 Å². The molecule has 264 valence electrons. The maximum Gasteiger partial charge on any atom is 0.178 e. The molecule has 0 radical (unpaired) electrons. The van der Waals surface area contributed by atoms with Crippen LogP contribution in [0.15, 0.2) is 115 Å². The molecule has 15 nitrogen and oxygen atoms in total. The number of benzene rings is 2. The average Bonchev–Trinajstić information content (AvgIpc) is 3.98. The number of aryl methyl sites for hydroxylation is 2. The fourth-order valence-electron chi connectivity index (χ4n) is 5.39. The van der Waals surface area contributed by atoms with Crippen molar-refractivity contribution in [3.8, 4) is 34.2 Å². The van der Waals surface area contributed by atoms with Crippen LogP contribution >= 0.6 is 12.4 Å². The zero-order chi connectivity index (χ0) is 36.1. The second kappa shape index (κ2) is 16.0. The van der Waals surface area contributed by atoms with Gasteiger partial charge in [0.25, 0.3) is 0 Å². The van der Waals surface area contributed by atoms with Crippen molar-refractivity contribution < 1.29 is 15.2 Å². The molecule has 52 heavy (non-hydrogen) atoms. The third kappa shape index (κ3) is 7.61. The maximum atomic E-state index is 11.6. The van der Waals surface area contributed by atoms with Crippen molar-refractivity contribution in [3.05, 3.63) is 121 Å². The van der Waals surface area contributed by atoms with Gasteiger partial charge in [0.1, 0.15) is 11.4 Å². The molecule has 6 heterocycles. The molecule has 0 bridgehead atoms. The second-order valence-electron chi connectivity index (χ2n) is 11.4. The SMILES string of the molecule is C/C(=N/O)c1cccc(-c2ccc3cnn(-c4ccn(C)n4)c3c2)n1.CC(=O)c1cccc(-c2ccc3cnn(-c4ccn(C)n4)c3c2)n1.Cl.NO. The van der Waals surface area contributed by atoms with Crippen LogP contribution in [0.5, 0.6) is 0 Å². The molecule has 0 aliphatic heterocycles. The van der Waals surface area contributed by atoms with Gasteiger partial charge in [-0.3, -0.25) is 14.2 Å². The van der Waals surface area contributed by atoms with Gasteiger partial charge in [0.05, 0.1) is 40.5 Å². The third-order valence-corrected chi connectivity index (χ3v) is 7.95. The number of carbonyl (C=O) groups excluding carboxylic acids is 1. The van der Waals surface area contributed by atoms with E-state index in [1.54, 1.807) is 27.0 Å². The van der Waals surface area contributed by atoms with Crippen molar-refractivity contribution in [1.29, 1.82) is 0 Å². The molecule has 8 rings (SSSR count). The quantitative estimate of drug-likeness (QED) is 0.0819. The minimum absolute atomic E-state index is 0. The maximum absolute atomic E-state index is 11.6. The Bertz CT molecular complexity index is 2510. The molecule has 0 saturated carbocycles. The minimum Gasteiger partial charge on any atom is -0.411 e. The van der Waals surface area contributed by atoms with E-state index in [1.165, 1.54) is 6.92 Å². The summed E-state index contributed by atoms with van der Waals surface area (Å²) in [7, 11) is 3.75. The summed E-state index contributed by atoms with van der Waals surface area (Å²) in [5, 5.41) is 38.4. The fraction of sp³-hybridized carbons (Fsp3) is 0.111. The summed E-state index contributed by atoms with van der Waals surface area (Å²) in [6, 6.07) is 27.0. The first-order valence-corrected chi connectivity index (χ1v) is 15.6. The highest BCUT2D eigenvalue weighted by Crippen LogP contribution is 2.26. The first kappa shape index (κ1) is 36.7. The van der Waals surface area contributed by atoms with Gasteiger partial charge in [0, 0.05) is 67.4 Å². The highest BCUT2D eigenvalue weighted by atomic mass is 35.5. The predicted molar refractivity (Wildman–Crippen MR) is 199 cm³/mol. The van der Waals surface area contributed by atoms with Crippen LogP contribution in [0, 0.1) is 0 Å². The van der Waals surface area contributed by atoms with E-state index in [4.69, 9.17) is 10.4 Å². The zero-order valence-corrected chi connectivity index (χ0v) is 29.4. The van der Waals surface area contributed by atoms with Crippen LogP contribution in [0.2, 0.25) is 0 Å². The van der Waals surface area contributed by atoms with Crippen LogP contribution in [0.3, 0.4) is 0 Å². The predicted octanol–water partition coefficient (Wildman–Crippen LogP) is 5.80. The van der Waals surface area contributed by atoms with Gasteiger partial charge in [-0.1, -0.05) is 41.6 Å². The largest absolute Gasteiger partial charge is 0.411 e. The number of carbonyl (C=O) groups is 1. The van der Waals surface area contributed by atoms with Gasteiger partial charge in [-0.2, -0.15) is 20.4 Å². The molecule has 16 heteroatoms. The number of nitrogens with zero attached hydrogens (tertiary/aromatic N) is 11. The normalized spacial score (nSPS) is 11.0. The highest BCUT2D eigenvalue weighted by Gasteiger charge is 2.12. The average molecular weight is 719 g/mol. The molecular weight excluding hydrogens is 684 g/mol. The summed E-state index contributed by atoms with van der Waals surface area (Å²) in [4.78, 5) is 20.6. The van der Waals surface area contributed by atoms with Crippen molar-refractivity contribution in [2.75, 3.05) is 0 Å². The Hall–Kier alpha value is -6.55. The monoisotopic (exact) mass is 718 g/mol. The number of hydrogen-bond acceptors (Lipinski definition) is 11. The summed E-state index contributed by atoms with van der Waals surface area (Å²) in [5.74, 6) is 4.98. The van der Waals surface area contributed by atoms with E-state index < -0.39 is 0 Å². The lowest BCUT2D eigenvalue weighted by atomic mass is 10.1. The topological polar surface area (TPSA) is 193 Å². The molecule has 4 N–H and O–H groups in total. The summed E-state index contributed by atoms with van der Waals surface area (Å²) in [5.41, 5.74) is 6.93. The number of hydrogen-bond donors (Lipinski definition) is 3. The Labute approximate surface area is 303 Å². The number of nitrogens with two attached hydrogens (primary N) is 1. The fourth-order valence-corrected chi connectivity index (χ4v) is 5.39. The lowest BCUT2D eigenvalue weighted by Crippen LogP contribution is -2.00. The smallest absolute Gasteiger partial charge is 0.178 e. The summed E-state index contributed by atoms with van der Waals surface area (Å²) < 4.78 is 7.09. The number of halogens is 1. The van der Waals surface area contributed by atoms with Crippen molar-refractivity contribution in [1.82, 2.24) is 49.1 Å². The number of Topliss-reactive ketones (excluding diaryl/α,β-unsaturated/α-hetero) is 1. The van der Waals surface area contributed by atoms with Crippen LogP contribution in [-0.4, -0.2) is 71.0 Å². The standard InChI is InChI=1S/C18H16N6O.C18H15N5O.ClH.H3NO/c1-12(22-25)15-4-3-5-16(20-15)13-6-7-14-11-19-24(17(14)10-13)18-8-9-23(2)21-18;1-12(24)15-4-3-5-16(20-15)13-6-7-14-11-19-23(17(14)10-13)18-8-9-22(2)21-18;;1-2/h3-11,25H,1-2H3;3-11H,1-2H3;1H;2H,1H2/b22-12-;;;. The van der Waals surface area contributed by atoms with E-state index in [2.05, 4.69) is 41.4 Å². The first-order valence-electron chi connectivity index (χ1n) is 15.6. The Balaban J connectivity index is 0.000000189. The van der Waals surface area contributed by atoms with Crippen LogP contribution in [0.4, 0.5) is 0 Å². The molecule has 0 atom stereocenters. The second-order valence-corrected chi connectivity index (χ2v) is 11.4. The van der Waals surface area contributed by atoms with E-state index in [0.29, 0.717) is 17.1 Å². The highest BCUT2D eigenvalue weighted by molar-refractivity contribution is 5.97. The van der Waals surface area contributed by atoms with E-state index >= 15 is 0 Å². The van der Waals surface area contributed by atoms with Gasteiger partial charge in [0.15, 0.2) is 17.4 Å². The van der Waals surface area contributed by atoms with Gasteiger partial charge in [-0.15, -0.1) is 12.4 Å². The van der Waals surface area contributed by atoms with Crippen LogP contribution in [-0.2, 0) is 14.1 Å². The lowest BCUT2D eigenvalue weighted by Gasteiger charge is -2.05. The van der Waals surface area contributed by atoms with Gasteiger partial charge in [-0.25, -0.2) is 25.2 Å². The van der Waals surface area contributed by atoms with Crippen molar-refractivity contribution in [2.45, 2.75) is 13.8 Å². The van der Waals surface area contributed by atoms with Crippen LogP contribution in [0.25, 0.3) is 56.0 Å². The molecule has 0 aliphatic carbocycles. The molecule has 0 amide bonds. The lowest BCUT2D eigenvalue weighted by molar-refractivity contribution is 0.101. The summed E-state index contributed by atoms with van der Waals surface area (Å²) in [6.45, 7) is 3.23. The zero-order valence-electron chi connectivity index (χ0n) is 28.6. The molecule has 6 aromatic heterocycles. The van der Waals surface area contributed by atoms with Crippen LogP contribution < -0.4 is 5.90 Å². The molecule has 2 aromatic carbocycles. The van der Waals surface area contributed by atoms with Gasteiger partial charge in [-0.05, 0) is 43.3 Å².